The van der Waals surface area contributed by atoms with Gasteiger partial charge in [-0.2, -0.15) is 0 Å². The van der Waals surface area contributed by atoms with E-state index in [1.54, 1.807) is 0 Å². The number of carbonyl (C=O) groups is 1. The van der Waals surface area contributed by atoms with E-state index < -0.39 is 5.91 Å². The Morgan fingerprint density at radius 2 is 2.00 bits per heavy atom. The minimum absolute atomic E-state index is 0.112. The van der Waals surface area contributed by atoms with Crippen LogP contribution in [0.3, 0.4) is 0 Å². The van der Waals surface area contributed by atoms with Gasteiger partial charge in [0, 0.05) is 12.1 Å². The average Bonchev–Trinajstić information content (AvgIpc) is 2.45. The Balaban J connectivity index is 2.25. The Kier molecular flexibility index (Phi) is 5.29. The van der Waals surface area contributed by atoms with Crippen molar-refractivity contribution in [1.29, 1.82) is 0 Å². The molecule has 24 heavy (non-hydrogen) atoms. The monoisotopic (exact) mass is 348 g/mol. The van der Waals surface area contributed by atoms with Crippen LogP contribution in [0.5, 0.6) is 5.75 Å². The largest absolute Gasteiger partial charge is 0.488 e. The Labute approximate surface area is 146 Å². The lowest BCUT2D eigenvalue weighted by Gasteiger charge is -2.24. The molecule has 7 heteroatoms. The molecule has 0 aliphatic heterocycles. The van der Waals surface area contributed by atoms with Gasteiger partial charge in [-0.05, 0) is 45.4 Å². The van der Waals surface area contributed by atoms with Crippen molar-refractivity contribution in [3.05, 3.63) is 46.1 Å². The first-order valence-electron chi connectivity index (χ1n) is 7.51. The zero-order chi connectivity index (χ0) is 17.9. The number of carbonyl (C=O) groups excluding carboxylic acids is 1. The van der Waals surface area contributed by atoms with Gasteiger partial charge in [-0.1, -0.05) is 23.7 Å². The number of nitrogens with zero attached hydrogens (tertiary/aromatic N) is 2. The summed E-state index contributed by atoms with van der Waals surface area (Å²) in [5, 5.41) is 10.8. The van der Waals surface area contributed by atoms with Crippen molar-refractivity contribution in [2.24, 2.45) is 5.73 Å². The summed E-state index contributed by atoms with van der Waals surface area (Å²) in [7, 11) is 0. The third kappa shape index (κ3) is 4.83. The van der Waals surface area contributed by atoms with Gasteiger partial charge in [0.05, 0.1) is 5.56 Å². The van der Waals surface area contributed by atoms with Crippen LogP contribution < -0.4 is 15.8 Å². The number of benzene rings is 1. The minimum atomic E-state index is -0.621. The van der Waals surface area contributed by atoms with Crippen LogP contribution in [0, 0.1) is 6.92 Å². The fraction of sp³-hybridized carbons (Fsp3) is 0.353. The number of amides is 1. The summed E-state index contributed by atoms with van der Waals surface area (Å²) in [6.45, 7) is 8.37. The van der Waals surface area contributed by atoms with Gasteiger partial charge in [-0.3, -0.25) is 4.79 Å². The molecule has 0 saturated heterocycles. The van der Waals surface area contributed by atoms with Crippen LogP contribution in [0.15, 0.2) is 24.3 Å². The van der Waals surface area contributed by atoms with E-state index in [-0.39, 0.29) is 22.1 Å². The summed E-state index contributed by atoms with van der Waals surface area (Å²) >= 11 is 5.76. The molecule has 1 amide bonds. The molecule has 0 radical (unpaired) electrons. The van der Waals surface area contributed by atoms with Crippen LogP contribution >= 0.6 is 11.6 Å². The molecular formula is C17H21ClN4O2. The molecular weight excluding hydrogens is 328 g/mol. The number of aryl methyl sites for hydroxylation is 1. The predicted octanol–water partition coefficient (Wildman–Crippen LogP) is 3.33. The Bertz CT molecular complexity index is 757. The smallest absolute Gasteiger partial charge is 0.252 e. The molecule has 0 aliphatic carbocycles. The van der Waals surface area contributed by atoms with Crippen LogP contribution in [-0.4, -0.2) is 21.7 Å². The summed E-state index contributed by atoms with van der Waals surface area (Å²) < 4.78 is 6.01. The van der Waals surface area contributed by atoms with E-state index in [1.807, 2.05) is 45.9 Å². The zero-order valence-corrected chi connectivity index (χ0v) is 14.9. The quantitative estimate of drug-likeness (QED) is 0.864. The standard InChI is InChI=1S/C17H21ClN4O2/c1-10-5-6-11(13(7-10)24-17(2,3)4)9-20-16-12(15(19)23)8-14(18)21-22-16/h5-8H,9H2,1-4H3,(H2,19,23)(H,20,22). The van der Waals surface area contributed by atoms with Crippen molar-refractivity contribution in [1.82, 2.24) is 10.2 Å². The first kappa shape index (κ1) is 18.0. The van der Waals surface area contributed by atoms with Crippen LogP contribution in [0.2, 0.25) is 5.15 Å². The molecule has 1 heterocycles. The molecule has 0 aliphatic rings. The van der Waals surface area contributed by atoms with E-state index in [0.717, 1.165) is 16.9 Å². The Morgan fingerprint density at radius 3 is 2.62 bits per heavy atom. The lowest BCUT2D eigenvalue weighted by molar-refractivity contribution is 0.100. The molecule has 0 atom stereocenters. The van der Waals surface area contributed by atoms with Crippen LogP contribution in [-0.2, 0) is 6.54 Å². The summed E-state index contributed by atoms with van der Waals surface area (Å²) in [6.07, 6.45) is 0. The average molecular weight is 349 g/mol. The first-order valence-corrected chi connectivity index (χ1v) is 7.89. The maximum atomic E-state index is 11.5. The lowest BCUT2D eigenvalue weighted by atomic mass is 10.1. The molecule has 0 saturated carbocycles. The van der Waals surface area contributed by atoms with Gasteiger partial charge in [-0.25, -0.2) is 0 Å². The van der Waals surface area contributed by atoms with Gasteiger partial charge in [0.25, 0.3) is 5.91 Å². The van der Waals surface area contributed by atoms with E-state index in [0.29, 0.717) is 6.54 Å². The number of rotatable bonds is 5. The maximum absolute atomic E-state index is 11.5. The van der Waals surface area contributed by atoms with Crippen LogP contribution in [0.4, 0.5) is 5.82 Å². The van der Waals surface area contributed by atoms with Gasteiger partial charge >= 0.3 is 0 Å². The number of halogens is 1. The lowest BCUT2D eigenvalue weighted by Crippen LogP contribution is -2.24. The maximum Gasteiger partial charge on any atom is 0.252 e. The van der Waals surface area contributed by atoms with Crippen molar-refractivity contribution in [3.63, 3.8) is 0 Å². The summed E-state index contributed by atoms with van der Waals surface area (Å²) in [6, 6.07) is 7.33. The topological polar surface area (TPSA) is 90.1 Å². The molecule has 0 spiro atoms. The second kappa shape index (κ2) is 7.05. The molecule has 1 aromatic heterocycles. The van der Waals surface area contributed by atoms with E-state index in [4.69, 9.17) is 22.1 Å². The van der Waals surface area contributed by atoms with Crippen molar-refractivity contribution in [3.8, 4) is 5.75 Å². The number of hydrogen-bond donors (Lipinski definition) is 2. The minimum Gasteiger partial charge on any atom is -0.488 e. The third-order valence-electron chi connectivity index (χ3n) is 3.11. The van der Waals surface area contributed by atoms with Crippen molar-refractivity contribution in [2.45, 2.75) is 39.8 Å². The Morgan fingerprint density at radius 1 is 1.29 bits per heavy atom. The van der Waals surface area contributed by atoms with Gasteiger partial charge in [0.2, 0.25) is 0 Å². The van der Waals surface area contributed by atoms with Crippen LogP contribution in [0.1, 0.15) is 42.3 Å². The van der Waals surface area contributed by atoms with E-state index in [9.17, 15) is 4.79 Å². The first-order chi connectivity index (χ1) is 11.2. The number of ether oxygens (including phenoxy) is 1. The molecule has 0 bridgehead atoms. The molecule has 128 valence electrons. The highest BCUT2D eigenvalue weighted by Crippen LogP contribution is 2.26. The van der Waals surface area contributed by atoms with Gasteiger partial charge < -0.3 is 15.8 Å². The summed E-state index contributed by atoms with van der Waals surface area (Å²) in [5.74, 6) is 0.441. The summed E-state index contributed by atoms with van der Waals surface area (Å²) in [4.78, 5) is 11.5. The van der Waals surface area contributed by atoms with Gasteiger partial charge in [-0.15, -0.1) is 10.2 Å². The molecule has 2 aromatic rings. The highest BCUT2D eigenvalue weighted by Gasteiger charge is 2.16. The van der Waals surface area contributed by atoms with Gasteiger partial charge in [0.15, 0.2) is 11.0 Å². The fourth-order valence-electron chi connectivity index (χ4n) is 2.10. The summed E-state index contributed by atoms with van der Waals surface area (Å²) in [5.41, 5.74) is 7.26. The van der Waals surface area contributed by atoms with Crippen molar-refractivity contribution < 1.29 is 9.53 Å². The second-order valence-corrected chi connectivity index (χ2v) is 6.86. The predicted molar refractivity (Wildman–Crippen MR) is 94.4 cm³/mol. The van der Waals surface area contributed by atoms with Gasteiger partial charge in [0.1, 0.15) is 11.4 Å². The number of nitrogens with two attached hydrogens (primary N) is 1. The normalized spacial score (nSPS) is 11.2. The van der Waals surface area contributed by atoms with Crippen LogP contribution in [0.25, 0.3) is 0 Å². The molecule has 1 aromatic carbocycles. The van der Waals surface area contributed by atoms with Crippen molar-refractivity contribution >= 4 is 23.3 Å². The number of nitrogens with one attached hydrogen (secondary N) is 1. The van der Waals surface area contributed by atoms with E-state index >= 15 is 0 Å². The molecule has 2 rings (SSSR count). The third-order valence-corrected chi connectivity index (χ3v) is 3.30. The number of primary amides is 1. The SMILES string of the molecule is Cc1ccc(CNc2nnc(Cl)cc2C(N)=O)c(OC(C)(C)C)c1. The molecule has 6 nitrogen and oxygen atoms in total. The second-order valence-electron chi connectivity index (χ2n) is 6.47. The van der Waals surface area contributed by atoms with Crippen molar-refractivity contribution in [2.75, 3.05) is 5.32 Å². The molecule has 0 unspecified atom stereocenters. The molecule has 3 N–H and O–H groups in total. The number of hydrogen-bond acceptors (Lipinski definition) is 5. The van der Waals surface area contributed by atoms with E-state index in [1.165, 1.54) is 6.07 Å². The highest BCUT2D eigenvalue weighted by atomic mass is 35.5. The molecule has 0 fully saturated rings. The highest BCUT2D eigenvalue weighted by molar-refractivity contribution is 6.29. The zero-order valence-electron chi connectivity index (χ0n) is 14.2. The van der Waals surface area contributed by atoms with E-state index in [2.05, 4.69) is 15.5 Å². The fourth-order valence-corrected chi connectivity index (χ4v) is 2.24. The Hall–Kier alpha value is -2.34. The number of anilines is 1. The number of aromatic nitrogens is 2.